The lowest BCUT2D eigenvalue weighted by Crippen LogP contribution is -2.59. The molecule has 0 spiro atoms. The van der Waals surface area contributed by atoms with Crippen molar-refractivity contribution < 1.29 is 19.1 Å². The molecule has 2 aromatic rings. The highest BCUT2D eigenvalue weighted by molar-refractivity contribution is 6.02. The van der Waals surface area contributed by atoms with Crippen molar-refractivity contribution in [2.75, 3.05) is 0 Å². The molecule has 1 aliphatic rings. The molecule has 3 rings (SSSR count). The van der Waals surface area contributed by atoms with Crippen molar-refractivity contribution in [1.29, 1.82) is 5.26 Å². The number of pyridine rings is 1. The molecular weight excluding hydrogens is 324 g/mol. The Morgan fingerprint density at radius 1 is 1.08 bits per heavy atom. The molecule has 8 heteroatoms. The van der Waals surface area contributed by atoms with Gasteiger partial charge in [0, 0.05) is 24.3 Å². The molecule has 1 aliphatic heterocycles. The van der Waals surface area contributed by atoms with Gasteiger partial charge in [-0.25, -0.2) is 0 Å². The van der Waals surface area contributed by atoms with Crippen LogP contribution in [0.3, 0.4) is 0 Å². The zero-order chi connectivity index (χ0) is 18.0. The Morgan fingerprint density at radius 3 is 2.28 bits per heavy atom. The highest BCUT2D eigenvalue weighted by atomic mass is 16.6. The van der Waals surface area contributed by atoms with E-state index in [1.165, 1.54) is 24.3 Å². The highest BCUT2D eigenvalue weighted by Gasteiger charge is 2.50. The number of nitro groups is 1. The monoisotopic (exact) mass is 337 g/mol. The van der Waals surface area contributed by atoms with Gasteiger partial charge >= 0.3 is 0 Å². The number of carbonyl (C=O) groups is 2. The van der Waals surface area contributed by atoms with Gasteiger partial charge in [0.15, 0.2) is 12.4 Å². The summed E-state index contributed by atoms with van der Waals surface area (Å²) in [4.78, 5) is 34.9. The van der Waals surface area contributed by atoms with Crippen LogP contribution in [0.2, 0.25) is 0 Å². The Bertz CT molecular complexity index is 874. The summed E-state index contributed by atoms with van der Waals surface area (Å²) < 4.78 is 1.62. The second-order valence-electron chi connectivity index (χ2n) is 5.60. The van der Waals surface area contributed by atoms with E-state index in [1.807, 2.05) is 6.07 Å². The van der Waals surface area contributed by atoms with Crippen molar-refractivity contribution >= 4 is 17.5 Å². The highest BCUT2D eigenvalue weighted by Crippen LogP contribution is 2.36. The number of non-ortho nitro benzene ring substituents is 1. The van der Waals surface area contributed by atoms with Gasteiger partial charge in [-0.2, -0.15) is 9.83 Å². The fourth-order valence-electron chi connectivity index (χ4n) is 3.03. The molecule has 1 fully saturated rings. The number of hydrogen-bond acceptors (Lipinski definition) is 5. The zero-order valence-electron chi connectivity index (χ0n) is 12.9. The maximum Gasteiger partial charge on any atom is 0.296 e. The number of rotatable bonds is 3. The van der Waals surface area contributed by atoms with E-state index in [9.17, 15) is 25.0 Å². The molecule has 0 saturated carbocycles. The molecule has 0 unspecified atom stereocenters. The van der Waals surface area contributed by atoms with Crippen molar-refractivity contribution in [1.82, 2.24) is 5.32 Å². The minimum absolute atomic E-state index is 0.104. The van der Waals surface area contributed by atoms with Gasteiger partial charge in [0.25, 0.3) is 11.6 Å². The molecule has 2 amide bonds. The summed E-state index contributed by atoms with van der Waals surface area (Å²) in [5.41, 5.74) is 0.412. The fraction of sp³-hybridized carbons (Fsp3) is 0.176. The molecule has 0 radical (unpaired) electrons. The lowest BCUT2D eigenvalue weighted by atomic mass is 9.77. The molecule has 1 aromatic carbocycles. The predicted octanol–water partition coefficient (Wildman–Crippen LogP) is 1.00. The number of nitriles is 1. The normalized spacial score (nSPS) is 22.8. The van der Waals surface area contributed by atoms with Crippen molar-refractivity contribution in [3.8, 4) is 6.07 Å². The van der Waals surface area contributed by atoms with Crippen LogP contribution in [0, 0.1) is 27.4 Å². The smallest absolute Gasteiger partial charge is 0.289 e. The van der Waals surface area contributed by atoms with E-state index in [1.54, 1.807) is 35.2 Å². The van der Waals surface area contributed by atoms with Crippen LogP contribution in [0.1, 0.15) is 17.5 Å². The second-order valence-corrected chi connectivity index (χ2v) is 5.60. The molecule has 2 heterocycles. The zero-order valence-corrected chi connectivity index (χ0v) is 12.9. The quantitative estimate of drug-likeness (QED) is 0.388. The fourth-order valence-corrected chi connectivity index (χ4v) is 3.03. The number of nitrogens with one attached hydrogen (secondary N) is 1. The van der Waals surface area contributed by atoms with E-state index in [0.717, 1.165) is 0 Å². The van der Waals surface area contributed by atoms with E-state index in [-0.39, 0.29) is 5.69 Å². The number of imide groups is 1. The standard InChI is InChI=1S/C17H12N4O4/c18-10-13-14(11-4-6-12(7-5-11)21(24)25)15(17(23)19-16(13)22)20-8-2-1-3-9-20/h1-9,13-15H/p+1/t13-,14+,15+/m0/s1. The third-order valence-electron chi connectivity index (χ3n) is 4.18. The first-order valence-electron chi connectivity index (χ1n) is 7.47. The molecule has 1 saturated heterocycles. The number of nitrogens with zero attached hydrogens (tertiary/aromatic N) is 3. The van der Waals surface area contributed by atoms with E-state index in [0.29, 0.717) is 5.56 Å². The summed E-state index contributed by atoms with van der Waals surface area (Å²) >= 11 is 0. The van der Waals surface area contributed by atoms with Gasteiger partial charge < -0.3 is 0 Å². The number of amides is 2. The Labute approximate surface area is 142 Å². The lowest BCUT2D eigenvalue weighted by molar-refractivity contribution is -0.713. The summed E-state index contributed by atoms with van der Waals surface area (Å²) in [6.07, 6.45) is 3.35. The van der Waals surface area contributed by atoms with Crippen molar-refractivity contribution in [2.45, 2.75) is 12.0 Å². The van der Waals surface area contributed by atoms with Crippen LogP contribution in [-0.4, -0.2) is 16.7 Å². The van der Waals surface area contributed by atoms with Gasteiger partial charge in [-0.15, -0.1) is 0 Å². The van der Waals surface area contributed by atoms with Crippen LogP contribution in [0.4, 0.5) is 5.69 Å². The number of nitro benzene ring substituents is 1. The summed E-state index contributed by atoms with van der Waals surface area (Å²) in [7, 11) is 0. The van der Waals surface area contributed by atoms with E-state index in [2.05, 4.69) is 5.32 Å². The van der Waals surface area contributed by atoms with Crippen LogP contribution < -0.4 is 9.88 Å². The van der Waals surface area contributed by atoms with Crippen molar-refractivity contribution in [3.63, 3.8) is 0 Å². The minimum atomic E-state index is -1.09. The van der Waals surface area contributed by atoms with Gasteiger partial charge in [0.2, 0.25) is 11.9 Å². The van der Waals surface area contributed by atoms with Gasteiger partial charge in [0.1, 0.15) is 5.92 Å². The molecule has 1 N–H and O–H groups in total. The maximum absolute atomic E-state index is 12.5. The lowest BCUT2D eigenvalue weighted by Gasteiger charge is -2.29. The number of benzene rings is 1. The van der Waals surface area contributed by atoms with Crippen molar-refractivity contribution in [3.05, 3.63) is 70.5 Å². The molecule has 3 atom stereocenters. The topological polar surface area (TPSA) is 117 Å². The minimum Gasteiger partial charge on any atom is -0.289 e. The van der Waals surface area contributed by atoms with E-state index in [4.69, 9.17) is 0 Å². The average molecular weight is 337 g/mol. The number of carbonyl (C=O) groups excluding carboxylic acids is 2. The Hall–Kier alpha value is -3.60. The molecule has 0 bridgehead atoms. The summed E-state index contributed by atoms with van der Waals surface area (Å²) in [6.45, 7) is 0. The molecule has 0 aliphatic carbocycles. The SMILES string of the molecule is N#C[C@@H]1C(=O)NC(=O)[C@H]([n+]2ccccc2)[C@@H]1c1ccc([N+](=O)[O-])cc1. The van der Waals surface area contributed by atoms with E-state index >= 15 is 0 Å². The van der Waals surface area contributed by atoms with Gasteiger partial charge in [-0.05, 0) is 5.56 Å². The second kappa shape index (κ2) is 6.49. The van der Waals surface area contributed by atoms with Crippen LogP contribution in [0.25, 0.3) is 0 Å². The number of piperidine rings is 1. The average Bonchev–Trinajstić information content (AvgIpc) is 2.62. The summed E-state index contributed by atoms with van der Waals surface area (Å²) in [5, 5.41) is 22.5. The predicted molar refractivity (Wildman–Crippen MR) is 83.8 cm³/mol. The molecule has 1 aromatic heterocycles. The molecule has 8 nitrogen and oxygen atoms in total. The van der Waals surface area contributed by atoms with Crippen LogP contribution >= 0.6 is 0 Å². The summed E-state index contributed by atoms with van der Waals surface area (Å²) in [6, 6.07) is 11.9. The Balaban J connectivity index is 2.11. The largest absolute Gasteiger partial charge is 0.296 e. The first-order valence-corrected chi connectivity index (χ1v) is 7.47. The van der Waals surface area contributed by atoms with Crippen LogP contribution in [-0.2, 0) is 9.59 Å². The summed E-state index contributed by atoms with van der Waals surface area (Å²) in [5.74, 6) is -3.02. The third kappa shape index (κ3) is 2.95. The van der Waals surface area contributed by atoms with Crippen molar-refractivity contribution in [2.24, 2.45) is 5.92 Å². The number of aromatic nitrogens is 1. The Kier molecular flexibility index (Phi) is 4.22. The molecule has 124 valence electrons. The van der Waals surface area contributed by atoms with Gasteiger partial charge in [-0.1, -0.05) is 18.2 Å². The number of hydrogen-bond donors (Lipinski definition) is 1. The van der Waals surface area contributed by atoms with Crippen LogP contribution in [0.5, 0.6) is 0 Å². The third-order valence-corrected chi connectivity index (χ3v) is 4.18. The van der Waals surface area contributed by atoms with Crippen LogP contribution in [0.15, 0.2) is 54.9 Å². The van der Waals surface area contributed by atoms with Gasteiger partial charge in [0.05, 0.1) is 16.9 Å². The molecular formula is C17H13N4O4+. The van der Waals surface area contributed by atoms with E-state index < -0.39 is 34.6 Å². The Morgan fingerprint density at radius 2 is 1.72 bits per heavy atom. The first kappa shape index (κ1) is 16.3. The van der Waals surface area contributed by atoms with Gasteiger partial charge in [-0.3, -0.25) is 25.0 Å². The first-order chi connectivity index (χ1) is 12.0. The molecule has 25 heavy (non-hydrogen) atoms. The maximum atomic E-state index is 12.5.